The van der Waals surface area contributed by atoms with Crippen molar-refractivity contribution in [3.8, 4) is 0 Å². The first kappa shape index (κ1) is 18.1. The number of rotatable bonds is 6. The molecule has 0 unspecified atom stereocenters. The number of carbonyl (C=O) groups is 1. The second-order valence-electron chi connectivity index (χ2n) is 5.26. The van der Waals surface area contributed by atoms with Gasteiger partial charge in [0.25, 0.3) is 0 Å². The predicted octanol–water partition coefficient (Wildman–Crippen LogP) is 0.839. The van der Waals surface area contributed by atoms with Gasteiger partial charge in [0.2, 0.25) is 0 Å². The predicted molar refractivity (Wildman–Crippen MR) is 89.9 cm³/mol. The third-order valence-corrected chi connectivity index (χ3v) is 3.17. The number of aryl methyl sites for hydroxylation is 1. The van der Waals surface area contributed by atoms with Gasteiger partial charge in [0.1, 0.15) is 24.1 Å². The van der Waals surface area contributed by atoms with Gasteiger partial charge in [-0.25, -0.2) is 25.0 Å². The largest absolute Gasteiger partial charge is 0.456 e. The molecule has 2 rings (SSSR count). The van der Waals surface area contributed by atoms with E-state index in [0.717, 1.165) is 0 Å². The molecule has 25 heavy (non-hydrogen) atoms. The fourth-order valence-electron chi connectivity index (χ4n) is 1.98. The second kappa shape index (κ2) is 8.06. The molecule has 0 atom stereocenters. The van der Waals surface area contributed by atoms with Gasteiger partial charge < -0.3 is 21.2 Å². The van der Waals surface area contributed by atoms with Gasteiger partial charge in [0.05, 0.1) is 17.8 Å². The van der Waals surface area contributed by atoms with Crippen LogP contribution in [0.4, 0.5) is 10.2 Å². The lowest BCUT2D eigenvalue weighted by Crippen LogP contribution is -2.27. The van der Waals surface area contributed by atoms with Gasteiger partial charge in [-0.05, 0) is 19.1 Å². The highest BCUT2D eigenvalue weighted by Gasteiger charge is 2.12. The average molecular weight is 346 g/mol. The van der Waals surface area contributed by atoms with Crippen molar-refractivity contribution in [2.45, 2.75) is 13.5 Å². The van der Waals surface area contributed by atoms with Crippen LogP contribution in [0.3, 0.4) is 0 Å². The van der Waals surface area contributed by atoms with Crippen molar-refractivity contribution in [2.24, 2.45) is 11.6 Å². The third-order valence-electron chi connectivity index (χ3n) is 3.17. The van der Waals surface area contributed by atoms with Crippen LogP contribution in [0.25, 0.3) is 0 Å². The first-order valence-corrected chi connectivity index (χ1v) is 7.34. The minimum absolute atomic E-state index is 0.163. The first-order chi connectivity index (χ1) is 11.9. The number of anilines is 1. The van der Waals surface area contributed by atoms with E-state index in [1.165, 1.54) is 35.5 Å². The van der Waals surface area contributed by atoms with Gasteiger partial charge in [-0.15, -0.1) is 0 Å². The number of hydrogen-bond donors (Lipinski definition) is 3. The lowest BCUT2D eigenvalue weighted by atomic mass is 10.2. The normalized spacial score (nSPS) is 11.2. The Hall–Kier alpha value is -3.20. The fraction of sp³-hybridized carbons (Fsp3) is 0.188. The van der Waals surface area contributed by atoms with Crippen molar-refractivity contribution in [1.29, 1.82) is 0 Å². The van der Waals surface area contributed by atoms with Crippen molar-refractivity contribution in [3.63, 3.8) is 0 Å². The molecule has 0 bridgehead atoms. The summed E-state index contributed by atoms with van der Waals surface area (Å²) in [5.74, 6) is 5.22. The summed E-state index contributed by atoms with van der Waals surface area (Å²) in [5, 5.41) is 1.26. The van der Waals surface area contributed by atoms with Crippen LogP contribution in [0.5, 0.6) is 0 Å². The Bertz CT molecular complexity index is 796. The van der Waals surface area contributed by atoms with E-state index in [-0.39, 0.29) is 24.4 Å². The number of aromatic nitrogens is 2. The van der Waals surface area contributed by atoms with E-state index in [0.29, 0.717) is 17.2 Å². The number of hydrogen-bond acceptors (Lipinski definition) is 8. The van der Waals surface area contributed by atoms with Crippen LogP contribution in [-0.2, 0) is 11.3 Å². The molecule has 1 heterocycles. The molecule has 2 aromatic rings. The summed E-state index contributed by atoms with van der Waals surface area (Å²) in [5.41, 5.74) is 12.2. The van der Waals surface area contributed by atoms with Gasteiger partial charge in [-0.1, -0.05) is 12.1 Å². The van der Waals surface area contributed by atoms with Gasteiger partial charge in [-0.3, -0.25) is 0 Å². The van der Waals surface area contributed by atoms with E-state index in [1.807, 2.05) is 0 Å². The van der Waals surface area contributed by atoms with Gasteiger partial charge in [0, 0.05) is 18.0 Å². The highest BCUT2D eigenvalue weighted by Crippen LogP contribution is 2.10. The molecule has 1 aromatic carbocycles. The summed E-state index contributed by atoms with van der Waals surface area (Å²) in [7, 11) is 0. The molecule has 0 fully saturated rings. The van der Waals surface area contributed by atoms with E-state index in [2.05, 4.69) is 9.97 Å². The third kappa shape index (κ3) is 5.15. The molecule has 0 spiro atoms. The molecular weight excluding hydrogens is 327 g/mol. The highest BCUT2D eigenvalue weighted by molar-refractivity contribution is 5.89. The van der Waals surface area contributed by atoms with Crippen LogP contribution in [0.1, 0.15) is 21.7 Å². The number of ether oxygens (including phenoxy) is 1. The van der Waals surface area contributed by atoms with Crippen molar-refractivity contribution in [2.75, 3.05) is 12.3 Å². The van der Waals surface area contributed by atoms with E-state index < -0.39 is 11.8 Å². The molecule has 0 saturated heterocycles. The van der Waals surface area contributed by atoms with Crippen molar-refractivity contribution in [3.05, 3.63) is 65.1 Å². The zero-order valence-electron chi connectivity index (χ0n) is 13.6. The lowest BCUT2D eigenvalue weighted by Gasteiger charge is -2.16. The maximum atomic E-state index is 13.5. The van der Waals surface area contributed by atoms with Crippen LogP contribution >= 0.6 is 0 Å². The molecule has 6 N–H and O–H groups in total. The van der Waals surface area contributed by atoms with Crippen molar-refractivity contribution < 1.29 is 13.9 Å². The average Bonchev–Trinajstić information content (AvgIpc) is 2.55. The summed E-state index contributed by atoms with van der Waals surface area (Å²) in [6.45, 7) is 1.71. The molecule has 0 radical (unpaired) electrons. The molecule has 0 amide bonds. The maximum absolute atomic E-state index is 13.5. The summed E-state index contributed by atoms with van der Waals surface area (Å²) >= 11 is 0. The smallest absolute Gasteiger partial charge is 0.341 e. The number of hydrazine groups is 1. The Kier molecular flexibility index (Phi) is 5.85. The topological polar surface area (TPSA) is 133 Å². The van der Waals surface area contributed by atoms with Gasteiger partial charge >= 0.3 is 5.97 Å². The van der Waals surface area contributed by atoms with E-state index in [9.17, 15) is 9.18 Å². The van der Waals surface area contributed by atoms with Gasteiger partial charge in [0.15, 0.2) is 0 Å². The van der Waals surface area contributed by atoms with Crippen LogP contribution < -0.4 is 17.3 Å². The van der Waals surface area contributed by atoms with Crippen LogP contribution in [0.2, 0.25) is 0 Å². The quantitative estimate of drug-likeness (QED) is 0.398. The SMILES string of the molecule is Cc1ncc(CN(N)/C=C(\N)COC(=O)c2ccccc2F)c(N)n1. The standard InChI is InChI=1S/C16H19FN6O2/c1-10-21-6-11(15(19)22-10)7-23(20)8-12(18)9-25-16(24)13-4-2-3-5-14(13)17/h2-6,8H,7,9,18,20H2,1H3,(H2,19,21,22)/b12-8-. The molecule has 132 valence electrons. The minimum atomic E-state index is -0.811. The number of benzene rings is 1. The summed E-state index contributed by atoms with van der Waals surface area (Å²) in [6.07, 6.45) is 2.95. The fourth-order valence-corrected chi connectivity index (χ4v) is 1.98. The Morgan fingerprint density at radius 2 is 2.12 bits per heavy atom. The number of nitrogen functional groups attached to an aromatic ring is 1. The molecule has 0 aliphatic rings. The number of nitrogens with two attached hydrogens (primary N) is 3. The summed E-state index contributed by atoms with van der Waals surface area (Å²) in [6, 6.07) is 5.51. The molecule has 0 saturated carbocycles. The molecular formula is C16H19FN6O2. The molecule has 8 nitrogen and oxygen atoms in total. The van der Waals surface area contributed by atoms with E-state index >= 15 is 0 Å². The Balaban J connectivity index is 1.92. The van der Waals surface area contributed by atoms with E-state index in [4.69, 9.17) is 22.0 Å². The highest BCUT2D eigenvalue weighted by atomic mass is 19.1. The number of esters is 1. The Labute approximate surface area is 144 Å². The Morgan fingerprint density at radius 1 is 1.40 bits per heavy atom. The van der Waals surface area contributed by atoms with Crippen LogP contribution in [-0.4, -0.2) is 27.6 Å². The number of nitrogens with zero attached hydrogens (tertiary/aromatic N) is 3. The van der Waals surface area contributed by atoms with Crippen LogP contribution in [0, 0.1) is 12.7 Å². The first-order valence-electron chi connectivity index (χ1n) is 7.34. The van der Waals surface area contributed by atoms with Gasteiger partial charge in [-0.2, -0.15) is 0 Å². The van der Waals surface area contributed by atoms with Crippen molar-refractivity contribution >= 4 is 11.8 Å². The summed E-state index contributed by atoms with van der Waals surface area (Å²) in [4.78, 5) is 19.9. The zero-order valence-corrected chi connectivity index (χ0v) is 13.6. The lowest BCUT2D eigenvalue weighted by molar-refractivity contribution is 0.0532. The minimum Gasteiger partial charge on any atom is -0.456 e. The number of halogens is 1. The molecule has 1 aromatic heterocycles. The zero-order chi connectivity index (χ0) is 18.4. The monoisotopic (exact) mass is 346 g/mol. The second-order valence-corrected chi connectivity index (χ2v) is 5.26. The van der Waals surface area contributed by atoms with Crippen molar-refractivity contribution in [1.82, 2.24) is 15.0 Å². The Morgan fingerprint density at radius 3 is 2.80 bits per heavy atom. The molecule has 9 heteroatoms. The maximum Gasteiger partial charge on any atom is 0.341 e. The van der Waals surface area contributed by atoms with Crippen LogP contribution in [0.15, 0.2) is 42.4 Å². The molecule has 0 aliphatic carbocycles. The number of carbonyl (C=O) groups excluding carboxylic acids is 1. The summed E-state index contributed by atoms with van der Waals surface area (Å²) < 4.78 is 18.4. The van der Waals surface area contributed by atoms with E-state index in [1.54, 1.807) is 13.1 Å². The molecule has 0 aliphatic heterocycles.